The SMILES string of the molecule is CCCC(C)(C)C(=O)OCCN(CC)CC.Cl. The summed E-state index contributed by atoms with van der Waals surface area (Å²) in [6.45, 7) is 13.6. The lowest BCUT2D eigenvalue weighted by molar-refractivity contribution is -0.154. The molecule has 0 amide bonds. The van der Waals surface area contributed by atoms with Crippen LogP contribution in [0.5, 0.6) is 0 Å². The Bertz CT molecular complexity index is 204. The van der Waals surface area contributed by atoms with Crippen LogP contribution in [0.1, 0.15) is 47.5 Å². The van der Waals surface area contributed by atoms with Gasteiger partial charge in [0.1, 0.15) is 6.61 Å². The number of hydrogen-bond acceptors (Lipinski definition) is 3. The molecular weight excluding hydrogens is 238 g/mol. The van der Waals surface area contributed by atoms with Gasteiger partial charge in [-0.05, 0) is 33.4 Å². The van der Waals surface area contributed by atoms with Crippen molar-refractivity contribution in [3.63, 3.8) is 0 Å². The number of likely N-dealkylation sites (N-methyl/N-ethyl adjacent to an activating group) is 1. The maximum atomic E-state index is 11.8. The number of halogens is 1. The van der Waals surface area contributed by atoms with Crippen LogP contribution in [0.2, 0.25) is 0 Å². The van der Waals surface area contributed by atoms with Gasteiger partial charge in [-0.25, -0.2) is 0 Å². The molecule has 0 atom stereocenters. The van der Waals surface area contributed by atoms with Gasteiger partial charge in [-0.15, -0.1) is 12.4 Å². The highest BCUT2D eigenvalue weighted by Gasteiger charge is 2.27. The fraction of sp³-hybridized carbons (Fsp3) is 0.923. The van der Waals surface area contributed by atoms with Gasteiger partial charge in [-0.3, -0.25) is 4.79 Å². The molecule has 0 aliphatic carbocycles. The van der Waals surface area contributed by atoms with E-state index in [1.165, 1.54) is 0 Å². The number of esters is 1. The molecule has 0 aromatic rings. The first-order chi connectivity index (χ1) is 7.47. The van der Waals surface area contributed by atoms with E-state index < -0.39 is 0 Å². The van der Waals surface area contributed by atoms with E-state index in [1.807, 2.05) is 13.8 Å². The molecule has 0 N–H and O–H groups in total. The van der Waals surface area contributed by atoms with Gasteiger partial charge in [0.2, 0.25) is 0 Å². The molecule has 0 saturated carbocycles. The molecule has 0 spiro atoms. The van der Waals surface area contributed by atoms with Crippen LogP contribution in [0, 0.1) is 5.41 Å². The van der Waals surface area contributed by atoms with E-state index in [2.05, 4.69) is 25.7 Å². The Morgan fingerprint density at radius 2 is 1.71 bits per heavy atom. The van der Waals surface area contributed by atoms with E-state index >= 15 is 0 Å². The predicted molar refractivity (Wildman–Crippen MR) is 74.7 cm³/mol. The van der Waals surface area contributed by atoms with Gasteiger partial charge < -0.3 is 9.64 Å². The van der Waals surface area contributed by atoms with E-state index in [4.69, 9.17) is 4.74 Å². The average Bonchev–Trinajstić information content (AvgIpc) is 2.24. The van der Waals surface area contributed by atoms with Crippen LogP contribution in [0.25, 0.3) is 0 Å². The van der Waals surface area contributed by atoms with Crippen LogP contribution in [-0.4, -0.2) is 37.1 Å². The van der Waals surface area contributed by atoms with Gasteiger partial charge in [0, 0.05) is 6.54 Å². The number of rotatable bonds is 8. The smallest absolute Gasteiger partial charge is 0.311 e. The second-order valence-electron chi connectivity index (χ2n) is 4.80. The van der Waals surface area contributed by atoms with Gasteiger partial charge in [0.05, 0.1) is 5.41 Å². The van der Waals surface area contributed by atoms with Crippen molar-refractivity contribution in [1.82, 2.24) is 4.90 Å². The molecule has 0 rings (SSSR count). The lowest BCUT2D eigenvalue weighted by Crippen LogP contribution is -2.31. The average molecular weight is 266 g/mol. The minimum absolute atomic E-state index is 0. The molecule has 0 unspecified atom stereocenters. The van der Waals surface area contributed by atoms with Crippen LogP contribution in [0.4, 0.5) is 0 Å². The molecule has 0 aliphatic heterocycles. The first kappa shape index (κ1) is 19.1. The zero-order chi connectivity index (χ0) is 12.6. The highest BCUT2D eigenvalue weighted by molar-refractivity contribution is 5.85. The third-order valence-electron chi connectivity index (χ3n) is 2.96. The van der Waals surface area contributed by atoms with Crippen LogP contribution in [-0.2, 0) is 9.53 Å². The quantitative estimate of drug-likeness (QED) is 0.632. The van der Waals surface area contributed by atoms with E-state index in [-0.39, 0.29) is 23.8 Å². The van der Waals surface area contributed by atoms with E-state index in [1.54, 1.807) is 0 Å². The second-order valence-corrected chi connectivity index (χ2v) is 4.80. The molecule has 0 bridgehead atoms. The maximum Gasteiger partial charge on any atom is 0.311 e. The summed E-state index contributed by atoms with van der Waals surface area (Å²) in [5, 5.41) is 0. The van der Waals surface area contributed by atoms with Gasteiger partial charge in [-0.1, -0.05) is 27.2 Å². The van der Waals surface area contributed by atoms with Crippen molar-refractivity contribution in [3.05, 3.63) is 0 Å². The van der Waals surface area contributed by atoms with Gasteiger partial charge in [0.15, 0.2) is 0 Å². The first-order valence-electron chi connectivity index (χ1n) is 6.37. The summed E-state index contributed by atoms with van der Waals surface area (Å²) in [6.07, 6.45) is 1.90. The monoisotopic (exact) mass is 265 g/mol. The minimum Gasteiger partial charge on any atom is -0.464 e. The van der Waals surface area contributed by atoms with Crippen molar-refractivity contribution in [3.8, 4) is 0 Å². The summed E-state index contributed by atoms with van der Waals surface area (Å²) in [5.41, 5.74) is -0.335. The Labute approximate surface area is 112 Å². The number of hydrogen-bond donors (Lipinski definition) is 0. The number of carbonyl (C=O) groups is 1. The lowest BCUT2D eigenvalue weighted by atomic mass is 9.88. The van der Waals surface area contributed by atoms with E-state index in [0.29, 0.717) is 6.61 Å². The largest absolute Gasteiger partial charge is 0.464 e. The topological polar surface area (TPSA) is 29.5 Å². The molecular formula is C13H28ClNO2. The van der Waals surface area contributed by atoms with Crippen LogP contribution >= 0.6 is 12.4 Å². The molecule has 0 aromatic carbocycles. The summed E-state index contributed by atoms with van der Waals surface area (Å²) < 4.78 is 5.31. The molecule has 0 saturated heterocycles. The third kappa shape index (κ3) is 7.61. The van der Waals surface area contributed by atoms with Crippen molar-refractivity contribution in [2.75, 3.05) is 26.2 Å². The normalized spacial score (nSPS) is 11.2. The number of nitrogens with zero attached hydrogens (tertiary/aromatic N) is 1. The standard InChI is InChI=1S/C13H27NO2.ClH/c1-6-9-13(4,5)12(15)16-11-10-14(7-2)8-3;/h6-11H2,1-5H3;1H. The first-order valence-corrected chi connectivity index (χ1v) is 6.37. The van der Waals surface area contributed by atoms with Gasteiger partial charge in [0.25, 0.3) is 0 Å². The lowest BCUT2D eigenvalue weighted by Gasteiger charge is -2.23. The van der Waals surface area contributed by atoms with Crippen LogP contribution in [0.3, 0.4) is 0 Å². The minimum atomic E-state index is -0.335. The zero-order valence-electron chi connectivity index (χ0n) is 11.9. The molecule has 3 nitrogen and oxygen atoms in total. The maximum absolute atomic E-state index is 11.8. The molecule has 17 heavy (non-hydrogen) atoms. The summed E-state index contributed by atoms with van der Waals surface area (Å²) in [7, 11) is 0. The van der Waals surface area contributed by atoms with Crippen LogP contribution in [0.15, 0.2) is 0 Å². The molecule has 4 heteroatoms. The number of ether oxygens (including phenoxy) is 1. The predicted octanol–water partition coefficient (Wildman–Crippen LogP) is 3.12. The molecule has 0 radical (unpaired) electrons. The molecule has 104 valence electrons. The zero-order valence-corrected chi connectivity index (χ0v) is 12.7. The molecule has 0 aromatic heterocycles. The summed E-state index contributed by atoms with van der Waals surface area (Å²) >= 11 is 0. The fourth-order valence-electron chi connectivity index (χ4n) is 1.73. The molecule has 0 fully saturated rings. The Kier molecular flexibility index (Phi) is 10.9. The second kappa shape index (κ2) is 9.72. The highest BCUT2D eigenvalue weighted by atomic mass is 35.5. The Balaban J connectivity index is 0. The molecule has 0 heterocycles. The van der Waals surface area contributed by atoms with Gasteiger partial charge >= 0.3 is 5.97 Å². The molecule has 0 aliphatic rings. The third-order valence-corrected chi connectivity index (χ3v) is 2.96. The fourth-order valence-corrected chi connectivity index (χ4v) is 1.73. The van der Waals surface area contributed by atoms with E-state index in [0.717, 1.165) is 32.5 Å². The van der Waals surface area contributed by atoms with Crippen molar-refractivity contribution in [2.45, 2.75) is 47.5 Å². The Hall–Kier alpha value is -0.280. The Morgan fingerprint density at radius 3 is 2.12 bits per heavy atom. The van der Waals surface area contributed by atoms with Crippen LogP contribution < -0.4 is 0 Å². The van der Waals surface area contributed by atoms with E-state index in [9.17, 15) is 4.79 Å². The van der Waals surface area contributed by atoms with Crippen molar-refractivity contribution < 1.29 is 9.53 Å². The Morgan fingerprint density at radius 1 is 1.18 bits per heavy atom. The van der Waals surface area contributed by atoms with Gasteiger partial charge in [-0.2, -0.15) is 0 Å². The summed E-state index contributed by atoms with van der Waals surface area (Å²) in [6, 6.07) is 0. The summed E-state index contributed by atoms with van der Waals surface area (Å²) in [5.74, 6) is -0.0680. The number of carbonyl (C=O) groups excluding carboxylic acids is 1. The summed E-state index contributed by atoms with van der Waals surface area (Å²) in [4.78, 5) is 14.0. The highest BCUT2D eigenvalue weighted by Crippen LogP contribution is 2.23. The van der Waals surface area contributed by atoms with Crippen molar-refractivity contribution in [2.24, 2.45) is 5.41 Å². The van der Waals surface area contributed by atoms with Crippen molar-refractivity contribution >= 4 is 18.4 Å². The van der Waals surface area contributed by atoms with Crippen molar-refractivity contribution in [1.29, 1.82) is 0 Å².